The van der Waals surface area contributed by atoms with E-state index in [-0.39, 0.29) is 21.2 Å². The van der Waals surface area contributed by atoms with Gasteiger partial charge in [-0.15, -0.1) is 0 Å². The molecule has 1 amide bonds. The molecule has 0 aliphatic carbocycles. The molecule has 32 heavy (non-hydrogen) atoms. The number of ether oxygens (including phenoxy) is 2. The van der Waals surface area contributed by atoms with Crippen molar-refractivity contribution in [2.24, 2.45) is 0 Å². The van der Waals surface area contributed by atoms with Crippen LogP contribution in [0.5, 0.6) is 11.5 Å². The quantitative estimate of drug-likeness (QED) is 0.537. The Labute approximate surface area is 190 Å². The first kappa shape index (κ1) is 23.4. The molecule has 3 rings (SSSR count). The lowest BCUT2D eigenvalue weighted by Crippen LogP contribution is -2.26. The molecule has 0 fully saturated rings. The van der Waals surface area contributed by atoms with Gasteiger partial charge >= 0.3 is 0 Å². The Morgan fingerprint density at radius 1 is 0.969 bits per heavy atom. The van der Waals surface area contributed by atoms with E-state index < -0.39 is 21.7 Å². The topological polar surface area (TPSA) is 84.9 Å². The Morgan fingerprint density at radius 3 is 2.25 bits per heavy atom. The molecule has 0 radical (unpaired) electrons. The fourth-order valence-electron chi connectivity index (χ4n) is 2.90. The molecule has 0 aromatic heterocycles. The van der Waals surface area contributed by atoms with Crippen molar-refractivity contribution >= 4 is 38.9 Å². The van der Waals surface area contributed by atoms with Gasteiger partial charge in [0.2, 0.25) is 0 Å². The van der Waals surface area contributed by atoms with E-state index in [2.05, 4.69) is 4.72 Å². The van der Waals surface area contributed by atoms with Gasteiger partial charge in [-0.05, 0) is 54.6 Å². The summed E-state index contributed by atoms with van der Waals surface area (Å²) < 4.78 is 51.2. The van der Waals surface area contributed by atoms with Crippen LogP contribution in [0.15, 0.2) is 65.6 Å². The van der Waals surface area contributed by atoms with Crippen LogP contribution in [0.2, 0.25) is 5.02 Å². The van der Waals surface area contributed by atoms with Gasteiger partial charge in [-0.2, -0.15) is 0 Å². The Balaban J connectivity index is 1.89. The monoisotopic (exact) mass is 478 g/mol. The molecule has 0 spiro atoms. The van der Waals surface area contributed by atoms with Crippen LogP contribution in [0.1, 0.15) is 10.4 Å². The summed E-state index contributed by atoms with van der Waals surface area (Å²) in [4.78, 5) is 14.3. The first-order chi connectivity index (χ1) is 15.2. The zero-order valence-electron chi connectivity index (χ0n) is 17.4. The third-order valence-electron chi connectivity index (χ3n) is 4.64. The third kappa shape index (κ3) is 4.95. The number of benzene rings is 3. The van der Waals surface area contributed by atoms with Gasteiger partial charge in [0, 0.05) is 24.4 Å². The van der Waals surface area contributed by atoms with E-state index in [0.29, 0.717) is 17.2 Å². The van der Waals surface area contributed by atoms with Gasteiger partial charge in [0.25, 0.3) is 15.9 Å². The zero-order chi connectivity index (χ0) is 23.5. The van der Waals surface area contributed by atoms with Crippen molar-refractivity contribution in [2.75, 3.05) is 30.9 Å². The minimum absolute atomic E-state index is 0.0163. The summed E-state index contributed by atoms with van der Waals surface area (Å²) in [5, 5.41) is 0.0982. The van der Waals surface area contributed by atoms with E-state index in [4.69, 9.17) is 21.1 Å². The fraction of sp³-hybridized carbons (Fsp3) is 0.136. The van der Waals surface area contributed by atoms with Crippen LogP contribution in [0.25, 0.3) is 0 Å². The summed E-state index contributed by atoms with van der Waals surface area (Å²) in [6.07, 6.45) is 0. The molecule has 0 saturated heterocycles. The number of carbonyl (C=O) groups excluding carboxylic acids is 1. The summed E-state index contributed by atoms with van der Waals surface area (Å²) in [7, 11) is 0.526. The minimum Gasteiger partial charge on any atom is -0.493 e. The predicted molar refractivity (Wildman–Crippen MR) is 121 cm³/mol. The van der Waals surface area contributed by atoms with E-state index in [1.807, 2.05) is 0 Å². The molecular formula is C22H20ClFN2O5S. The molecule has 7 nitrogen and oxygen atoms in total. The van der Waals surface area contributed by atoms with Gasteiger partial charge in [0.1, 0.15) is 5.82 Å². The van der Waals surface area contributed by atoms with Crippen molar-refractivity contribution in [2.45, 2.75) is 4.90 Å². The molecule has 3 aromatic carbocycles. The van der Waals surface area contributed by atoms with E-state index in [1.54, 1.807) is 25.2 Å². The van der Waals surface area contributed by atoms with Gasteiger partial charge in [0.15, 0.2) is 11.5 Å². The second kappa shape index (κ2) is 9.46. The number of halogens is 2. The fourth-order valence-corrected chi connectivity index (χ4v) is 4.19. The molecule has 168 valence electrons. The molecule has 0 aliphatic heterocycles. The van der Waals surface area contributed by atoms with E-state index in [0.717, 1.165) is 24.3 Å². The highest BCUT2D eigenvalue weighted by Crippen LogP contribution is 2.32. The van der Waals surface area contributed by atoms with Crippen molar-refractivity contribution in [1.29, 1.82) is 0 Å². The average Bonchev–Trinajstić information content (AvgIpc) is 2.79. The van der Waals surface area contributed by atoms with E-state index in [9.17, 15) is 17.6 Å². The van der Waals surface area contributed by atoms with Gasteiger partial charge in [-0.3, -0.25) is 9.52 Å². The predicted octanol–water partition coefficient (Wildman–Crippen LogP) is 4.57. The van der Waals surface area contributed by atoms with Gasteiger partial charge < -0.3 is 14.4 Å². The summed E-state index contributed by atoms with van der Waals surface area (Å²) in [5.41, 5.74) is 0.752. The van der Waals surface area contributed by atoms with E-state index in [1.165, 1.54) is 37.3 Å². The number of hydrogen-bond acceptors (Lipinski definition) is 5. The lowest BCUT2D eigenvalue weighted by atomic mass is 10.1. The summed E-state index contributed by atoms with van der Waals surface area (Å²) >= 11 is 6.15. The second-order valence-corrected chi connectivity index (χ2v) is 8.75. The van der Waals surface area contributed by atoms with Crippen LogP contribution in [-0.4, -0.2) is 35.6 Å². The average molecular weight is 479 g/mol. The van der Waals surface area contributed by atoms with Crippen molar-refractivity contribution in [3.05, 3.63) is 77.1 Å². The maximum atomic E-state index is 13.1. The summed E-state index contributed by atoms with van der Waals surface area (Å²) in [6, 6.07) is 13.6. The number of rotatable bonds is 7. The lowest BCUT2D eigenvalue weighted by Gasteiger charge is -2.20. The number of anilines is 2. The summed E-state index contributed by atoms with van der Waals surface area (Å²) in [6.45, 7) is 0. The first-order valence-corrected chi connectivity index (χ1v) is 11.1. The Kier molecular flexibility index (Phi) is 6.90. The molecule has 0 atom stereocenters. The molecule has 0 aliphatic rings. The molecule has 0 unspecified atom stereocenters. The number of methoxy groups -OCH3 is 2. The molecule has 1 N–H and O–H groups in total. The van der Waals surface area contributed by atoms with Crippen LogP contribution in [0.4, 0.5) is 15.8 Å². The SMILES string of the molecule is COc1ccc(N(C)C(=O)c2ccc(Cl)c(NS(=O)(=O)c3ccc(F)cc3)c2)cc1OC. The third-order valence-corrected chi connectivity index (χ3v) is 6.35. The number of sulfonamides is 1. The molecule has 3 aromatic rings. The number of amides is 1. The standard InChI is InChI=1S/C22H20ClFN2O5S/c1-26(16-7-11-20(30-2)21(13-16)31-3)22(27)14-4-10-18(23)19(12-14)25-32(28,29)17-8-5-15(24)6-9-17/h4-13,25H,1-3H3. The number of nitrogens with one attached hydrogen (secondary N) is 1. The van der Waals surface area contributed by atoms with Crippen LogP contribution >= 0.6 is 11.6 Å². The van der Waals surface area contributed by atoms with Crippen LogP contribution in [0.3, 0.4) is 0 Å². The van der Waals surface area contributed by atoms with Gasteiger partial charge in [0.05, 0.1) is 29.8 Å². The molecule has 0 heterocycles. The Bertz CT molecular complexity index is 1250. The van der Waals surface area contributed by atoms with Crippen LogP contribution < -0.4 is 19.1 Å². The highest BCUT2D eigenvalue weighted by molar-refractivity contribution is 7.92. The second-order valence-electron chi connectivity index (χ2n) is 6.66. The highest BCUT2D eigenvalue weighted by atomic mass is 35.5. The van der Waals surface area contributed by atoms with Crippen molar-refractivity contribution in [1.82, 2.24) is 0 Å². The largest absolute Gasteiger partial charge is 0.493 e. The van der Waals surface area contributed by atoms with Crippen LogP contribution in [0, 0.1) is 5.82 Å². The van der Waals surface area contributed by atoms with Gasteiger partial charge in [-0.25, -0.2) is 12.8 Å². The van der Waals surface area contributed by atoms with Crippen molar-refractivity contribution in [3.63, 3.8) is 0 Å². The van der Waals surface area contributed by atoms with Crippen molar-refractivity contribution in [3.8, 4) is 11.5 Å². The molecule has 10 heteroatoms. The summed E-state index contributed by atoms with van der Waals surface area (Å²) in [5.74, 6) is -0.00141. The Hall–Kier alpha value is -3.30. The van der Waals surface area contributed by atoms with E-state index >= 15 is 0 Å². The first-order valence-electron chi connectivity index (χ1n) is 9.24. The van der Waals surface area contributed by atoms with Crippen molar-refractivity contribution < 1.29 is 27.1 Å². The highest BCUT2D eigenvalue weighted by Gasteiger charge is 2.20. The molecule has 0 saturated carbocycles. The number of nitrogens with zero attached hydrogens (tertiary/aromatic N) is 1. The molecule has 0 bridgehead atoms. The Morgan fingerprint density at radius 2 is 1.62 bits per heavy atom. The maximum absolute atomic E-state index is 13.1. The number of carbonyl (C=O) groups is 1. The van der Waals surface area contributed by atoms with Gasteiger partial charge in [-0.1, -0.05) is 11.6 Å². The van der Waals surface area contributed by atoms with Crippen LogP contribution in [-0.2, 0) is 10.0 Å². The maximum Gasteiger partial charge on any atom is 0.261 e. The zero-order valence-corrected chi connectivity index (χ0v) is 19.0. The number of hydrogen-bond donors (Lipinski definition) is 1. The normalized spacial score (nSPS) is 11.0. The molecular weight excluding hydrogens is 459 g/mol. The minimum atomic E-state index is -4.04. The smallest absolute Gasteiger partial charge is 0.261 e. The lowest BCUT2D eigenvalue weighted by molar-refractivity contribution is 0.0993.